The summed E-state index contributed by atoms with van der Waals surface area (Å²) in [4.78, 5) is 28.9. The first-order valence-electron chi connectivity index (χ1n) is 7.44. The van der Waals surface area contributed by atoms with Gasteiger partial charge in [-0.1, -0.05) is 12.1 Å². The molecule has 2 heterocycles. The number of fused-ring (bicyclic) bond motifs is 1. The van der Waals surface area contributed by atoms with Crippen LogP contribution in [-0.2, 0) is 4.84 Å². The number of carboxylic acids is 1. The molecule has 2 atom stereocenters. The van der Waals surface area contributed by atoms with E-state index in [0.29, 0.717) is 10.3 Å². The average Bonchev–Trinajstić information content (AvgIpc) is 3.12. The Morgan fingerprint density at radius 1 is 1.12 bits per heavy atom. The van der Waals surface area contributed by atoms with Gasteiger partial charge in [-0.25, -0.2) is 9.63 Å². The summed E-state index contributed by atoms with van der Waals surface area (Å²) in [5, 5.41) is 9.05. The number of nitrogens with zero attached hydrogens (tertiary/aromatic N) is 1. The molecule has 2 unspecified atom stereocenters. The smallest absolute Gasteiger partial charge is 0.478 e. The number of aromatic carboxylic acids is 1. The van der Waals surface area contributed by atoms with Gasteiger partial charge >= 0.3 is 24.7 Å². The molecule has 0 saturated carbocycles. The zero-order valence-corrected chi connectivity index (χ0v) is 12.9. The quantitative estimate of drug-likeness (QED) is 0.807. The maximum atomic E-state index is 13.1. The van der Waals surface area contributed by atoms with Crippen LogP contribution in [0, 0.1) is 4.91 Å². The van der Waals surface area contributed by atoms with Crippen molar-refractivity contribution in [3.8, 4) is 11.5 Å². The molecule has 2 aliphatic heterocycles. The number of alkyl halides is 2. The van der Waals surface area contributed by atoms with Crippen LogP contribution >= 0.6 is 0 Å². The summed E-state index contributed by atoms with van der Waals surface area (Å²) in [7, 11) is 0. The molecular formula is C16H11F2N2O6+. The number of hydroxylamine groups is 1. The van der Waals surface area contributed by atoms with E-state index in [4.69, 9.17) is 9.94 Å². The highest BCUT2D eigenvalue weighted by Gasteiger charge is 2.48. The summed E-state index contributed by atoms with van der Waals surface area (Å²) in [6.45, 7) is 0. The number of hydrogen-bond donors (Lipinski definition) is 2. The van der Waals surface area contributed by atoms with E-state index in [0.717, 1.165) is 0 Å². The van der Waals surface area contributed by atoms with Crippen LogP contribution in [0.4, 0.5) is 8.78 Å². The highest BCUT2D eigenvalue weighted by Crippen LogP contribution is 2.43. The van der Waals surface area contributed by atoms with Gasteiger partial charge in [0.2, 0.25) is 0 Å². The van der Waals surface area contributed by atoms with Crippen molar-refractivity contribution in [3.05, 3.63) is 64.1 Å². The van der Waals surface area contributed by atoms with Gasteiger partial charge in [-0.2, -0.15) is 0 Å². The summed E-state index contributed by atoms with van der Waals surface area (Å²) in [5.74, 6) is -1.48. The lowest BCUT2D eigenvalue weighted by Gasteiger charge is -2.04. The normalized spacial score (nSPS) is 23.2. The van der Waals surface area contributed by atoms with Crippen molar-refractivity contribution in [3.63, 3.8) is 0 Å². The van der Waals surface area contributed by atoms with Gasteiger partial charge in [0.1, 0.15) is 0 Å². The van der Waals surface area contributed by atoms with Crippen molar-refractivity contribution in [2.45, 2.75) is 18.7 Å². The Hall–Kier alpha value is -3.11. The minimum atomic E-state index is -3.76. The standard InChI is InChI=1S/C16H10F2N2O6/c17-16(18)24-11-5-4-9(7-12(11)25-16)14-20(23)13(19-26-14)8-2-1-3-10(6-8)15(21)22/h1-7,13-14,19H/p+1. The number of halogens is 2. The number of nitroso groups, excluding NO2 is 1. The number of carbonyl (C=O) groups is 1. The van der Waals surface area contributed by atoms with Crippen LogP contribution < -0.4 is 15.0 Å². The van der Waals surface area contributed by atoms with Crippen LogP contribution in [-0.4, -0.2) is 22.1 Å². The van der Waals surface area contributed by atoms with Crippen LogP contribution in [0.5, 0.6) is 11.5 Å². The minimum absolute atomic E-state index is 0.0199. The fourth-order valence-electron chi connectivity index (χ4n) is 2.76. The second-order valence-electron chi connectivity index (χ2n) is 5.65. The van der Waals surface area contributed by atoms with Crippen LogP contribution in [0.2, 0.25) is 0 Å². The van der Waals surface area contributed by atoms with Gasteiger partial charge in [-0.05, 0) is 30.3 Å². The van der Waals surface area contributed by atoms with E-state index in [1.807, 2.05) is 0 Å². The van der Waals surface area contributed by atoms with E-state index in [1.165, 1.54) is 36.4 Å². The van der Waals surface area contributed by atoms with E-state index >= 15 is 0 Å². The summed E-state index contributed by atoms with van der Waals surface area (Å²) < 4.78 is 35.4. The molecule has 134 valence electrons. The lowest BCUT2D eigenvalue weighted by atomic mass is 10.1. The van der Waals surface area contributed by atoms with Gasteiger partial charge in [0.05, 0.1) is 15.9 Å². The van der Waals surface area contributed by atoms with Crippen LogP contribution in [0.3, 0.4) is 0 Å². The second-order valence-corrected chi connectivity index (χ2v) is 5.65. The van der Waals surface area contributed by atoms with Crippen molar-refractivity contribution >= 4 is 5.97 Å². The molecule has 8 nitrogen and oxygen atoms in total. The van der Waals surface area contributed by atoms with Gasteiger partial charge in [0.15, 0.2) is 11.5 Å². The van der Waals surface area contributed by atoms with E-state index < -0.39 is 24.7 Å². The second kappa shape index (κ2) is 5.71. The van der Waals surface area contributed by atoms with E-state index in [-0.39, 0.29) is 22.6 Å². The first-order valence-corrected chi connectivity index (χ1v) is 7.44. The molecule has 0 aliphatic carbocycles. The number of carboxylic acid groups (broad SMARTS) is 1. The molecule has 2 aromatic rings. The molecule has 0 amide bonds. The van der Waals surface area contributed by atoms with Crippen molar-refractivity contribution in [1.82, 2.24) is 5.48 Å². The third-order valence-electron chi connectivity index (χ3n) is 3.94. The third-order valence-corrected chi connectivity index (χ3v) is 3.94. The molecule has 2 N–H and O–H groups in total. The summed E-state index contributed by atoms with van der Waals surface area (Å²) in [5.41, 5.74) is 3.19. The zero-order valence-electron chi connectivity index (χ0n) is 12.9. The van der Waals surface area contributed by atoms with Crippen molar-refractivity contribution in [2.75, 3.05) is 0 Å². The number of rotatable bonds is 3. The Morgan fingerprint density at radius 3 is 2.65 bits per heavy atom. The molecule has 4 rings (SSSR count). The summed E-state index contributed by atoms with van der Waals surface area (Å²) >= 11 is 0. The Labute approximate surface area is 144 Å². The first-order chi connectivity index (χ1) is 12.3. The molecule has 10 heteroatoms. The van der Waals surface area contributed by atoms with Gasteiger partial charge in [-0.15, -0.1) is 14.3 Å². The predicted octanol–water partition coefficient (Wildman–Crippen LogP) is 2.72. The van der Waals surface area contributed by atoms with E-state index in [9.17, 15) is 18.5 Å². The monoisotopic (exact) mass is 365 g/mol. The van der Waals surface area contributed by atoms with Gasteiger partial charge in [-0.3, -0.25) is 0 Å². The number of nitrogens with one attached hydrogen (secondary N) is 1. The van der Waals surface area contributed by atoms with Crippen molar-refractivity contribution in [2.24, 2.45) is 0 Å². The Morgan fingerprint density at radius 2 is 1.88 bits per heavy atom. The highest BCUT2D eigenvalue weighted by molar-refractivity contribution is 5.87. The lowest BCUT2D eigenvalue weighted by Crippen LogP contribution is -2.25. The van der Waals surface area contributed by atoms with Crippen LogP contribution in [0.1, 0.15) is 33.9 Å². The fourth-order valence-corrected chi connectivity index (χ4v) is 2.76. The Kier molecular flexibility index (Phi) is 3.60. The van der Waals surface area contributed by atoms with Gasteiger partial charge in [0, 0.05) is 10.5 Å². The molecular weight excluding hydrogens is 354 g/mol. The molecule has 1 fully saturated rings. The topological polar surface area (TPSA) is 97.1 Å². The van der Waals surface area contributed by atoms with E-state index in [1.54, 1.807) is 6.07 Å². The number of hydrogen-bond acceptors (Lipinski definition) is 6. The number of benzene rings is 2. The maximum Gasteiger partial charge on any atom is 0.586 e. The highest BCUT2D eigenvalue weighted by atomic mass is 19.3. The zero-order chi connectivity index (χ0) is 18.5. The van der Waals surface area contributed by atoms with Crippen molar-refractivity contribution in [1.29, 1.82) is 0 Å². The average molecular weight is 365 g/mol. The molecule has 0 radical (unpaired) electrons. The van der Waals surface area contributed by atoms with Gasteiger partial charge < -0.3 is 14.6 Å². The SMILES string of the molecule is O=C(O)c1cccc(C2NOC(c3ccc4c(c3)OC(F)(F)O4)[N+]2=O)c1. The largest absolute Gasteiger partial charge is 0.586 e. The molecule has 26 heavy (non-hydrogen) atoms. The first kappa shape index (κ1) is 16.4. The predicted molar refractivity (Wildman–Crippen MR) is 79.4 cm³/mol. The maximum absolute atomic E-state index is 13.1. The fraction of sp³-hybridized carbons (Fsp3) is 0.188. The lowest BCUT2D eigenvalue weighted by molar-refractivity contribution is -0.630. The van der Waals surface area contributed by atoms with Gasteiger partial charge in [0.25, 0.3) is 0 Å². The third kappa shape index (κ3) is 2.74. The Bertz CT molecular complexity index is 919. The minimum Gasteiger partial charge on any atom is -0.478 e. The van der Waals surface area contributed by atoms with Crippen molar-refractivity contribution < 1.29 is 37.8 Å². The van der Waals surface area contributed by atoms with Crippen LogP contribution in [0.25, 0.3) is 0 Å². The molecule has 2 aromatic carbocycles. The molecule has 0 spiro atoms. The molecule has 0 bridgehead atoms. The Balaban J connectivity index is 1.59. The van der Waals surface area contributed by atoms with E-state index in [2.05, 4.69) is 15.0 Å². The molecule has 2 aliphatic rings. The summed E-state index contributed by atoms with van der Waals surface area (Å²) in [6, 6.07) is 9.69. The molecule has 1 saturated heterocycles. The molecule has 0 aromatic heterocycles. The van der Waals surface area contributed by atoms with Crippen LogP contribution in [0.15, 0.2) is 42.5 Å². The number of ether oxygens (including phenoxy) is 2. The summed E-state index contributed by atoms with van der Waals surface area (Å²) in [6.07, 6.45) is -5.87.